The molecule has 1 heterocycles. The fourth-order valence-electron chi connectivity index (χ4n) is 3.89. The summed E-state index contributed by atoms with van der Waals surface area (Å²) < 4.78 is 15.8. The van der Waals surface area contributed by atoms with Crippen LogP contribution in [0.1, 0.15) is 51.6 Å². The first-order valence-corrected chi connectivity index (χ1v) is 12.1. The highest BCUT2D eigenvalue weighted by molar-refractivity contribution is 6.31. The van der Waals surface area contributed by atoms with Gasteiger partial charge in [0, 0.05) is 29.4 Å². The Bertz CT molecular complexity index is 1270. The van der Waals surface area contributed by atoms with Crippen LogP contribution >= 0.6 is 11.6 Å². The zero-order valence-electron chi connectivity index (χ0n) is 22.0. The highest BCUT2D eigenvalue weighted by Crippen LogP contribution is 2.29. The second-order valence-electron chi connectivity index (χ2n) is 9.56. The van der Waals surface area contributed by atoms with E-state index in [4.69, 9.17) is 31.3 Å². The van der Waals surface area contributed by atoms with Crippen LogP contribution in [0, 0.1) is 19.3 Å². The summed E-state index contributed by atoms with van der Waals surface area (Å²) in [7, 11) is 3.04. The summed E-state index contributed by atoms with van der Waals surface area (Å²) in [5, 5.41) is 7.27. The van der Waals surface area contributed by atoms with Crippen molar-refractivity contribution in [2.45, 2.75) is 34.2 Å². The Morgan fingerprint density at radius 3 is 2.41 bits per heavy atom. The third-order valence-corrected chi connectivity index (χ3v) is 6.39. The van der Waals surface area contributed by atoms with Crippen LogP contribution in [0.15, 0.2) is 40.9 Å². The van der Waals surface area contributed by atoms with E-state index in [2.05, 4.69) is 10.5 Å². The monoisotopic (exact) mass is 528 g/mol. The molecule has 0 aliphatic heterocycles. The van der Waals surface area contributed by atoms with Crippen molar-refractivity contribution in [1.29, 1.82) is 0 Å². The van der Waals surface area contributed by atoms with Crippen LogP contribution < -0.4 is 20.5 Å². The maximum absolute atomic E-state index is 13.6. The summed E-state index contributed by atoms with van der Waals surface area (Å²) >= 11 is 6.53. The van der Waals surface area contributed by atoms with E-state index in [0.717, 1.165) is 0 Å². The van der Waals surface area contributed by atoms with Crippen molar-refractivity contribution < 1.29 is 23.6 Å². The van der Waals surface area contributed by atoms with Crippen molar-refractivity contribution in [3.05, 3.63) is 69.6 Å². The van der Waals surface area contributed by atoms with Gasteiger partial charge >= 0.3 is 0 Å². The Morgan fingerprint density at radius 2 is 1.81 bits per heavy atom. The van der Waals surface area contributed by atoms with Gasteiger partial charge in [-0.2, -0.15) is 0 Å². The quantitative estimate of drug-likeness (QED) is 0.386. The number of hydrogen-bond acceptors (Lipinski definition) is 7. The molecule has 0 saturated carbocycles. The van der Waals surface area contributed by atoms with Crippen molar-refractivity contribution >= 4 is 29.1 Å². The van der Waals surface area contributed by atoms with E-state index in [1.165, 1.54) is 14.2 Å². The third-order valence-electron chi connectivity index (χ3n) is 6.02. The number of carbonyl (C=O) groups is 2. The lowest BCUT2D eigenvalue weighted by atomic mass is 9.92. The lowest BCUT2D eigenvalue weighted by Gasteiger charge is -2.32. The standard InChI is InChI=1S/C27H33ClN4O5/c1-16-24(17(2)37-31-16)26(34)32(15-27(3,4)14-29)13-19-11-20(8-9-21(19)28)30-25(33)18-7-10-22(35-5)23(12-18)36-6/h7-12H,13-15,29H2,1-6H3,(H,30,33). The van der Waals surface area contributed by atoms with Crippen molar-refractivity contribution in [2.75, 3.05) is 32.6 Å². The normalized spacial score (nSPS) is 11.2. The maximum atomic E-state index is 13.6. The highest BCUT2D eigenvalue weighted by Gasteiger charge is 2.29. The van der Waals surface area contributed by atoms with E-state index in [1.807, 2.05) is 13.8 Å². The topological polar surface area (TPSA) is 120 Å². The Balaban J connectivity index is 1.89. The fraction of sp³-hybridized carbons (Fsp3) is 0.370. The number of nitrogens with one attached hydrogen (secondary N) is 1. The number of methoxy groups -OCH3 is 2. The molecule has 3 aromatic rings. The molecule has 10 heteroatoms. The van der Waals surface area contributed by atoms with Gasteiger partial charge in [0.25, 0.3) is 11.8 Å². The number of ether oxygens (including phenoxy) is 2. The number of anilines is 1. The molecule has 0 unspecified atom stereocenters. The number of nitrogens with zero attached hydrogens (tertiary/aromatic N) is 2. The predicted molar refractivity (Wildman–Crippen MR) is 143 cm³/mol. The second kappa shape index (κ2) is 11.7. The van der Waals surface area contributed by atoms with E-state index >= 15 is 0 Å². The molecule has 0 aliphatic rings. The first-order valence-electron chi connectivity index (χ1n) is 11.7. The van der Waals surface area contributed by atoms with Crippen LogP contribution in [-0.2, 0) is 6.54 Å². The molecule has 0 saturated heterocycles. The SMILES string of the molecule is COc1ccc(C(=O)Nc2ccc(Cl)c(CN(CC(C)(C)CN)C(=O)c3c(C)noc3C)c2)cc1OC. The molecule has 37 heavy (non-hydrogen) atoms. The van der Waals surface area contributed by atoms with E-state index < -0.39 is 0 Å². The smallest absolute Gasteiger partial charge is 0.259 e. The van der Waals surface area contributed by atoms with Gasteiger partial charge in [-0.3, -0.25) is 9.59 Å². The van der Waals surface area contributed by atoms with E-state index in [9.17, 15) is 9.59 Å². The number of halogens is 1. The molecule has 9 nitrogen and oxygen atoms in total. The molecule has 0 radical (unpaired) electrons. The largest absolute Gasteiger partial charge is 0.493 e. The van der Waals surface area contributed by atoms with Crippen LogP contribution in [-0.4, -0.2) is 49.2 Å². The molecule has 0 bridgehead atoms. The minimum absolute atomic E-state index is 0.200. The van der Waals surface area contributed by atoms with Crippen molar-refractivity contribution in [2.24, 2.45) is 11.1 Å². The Morgan fingerprint density at radius 1 is 1.11 bits per heavy atom. The molecule has 2 amide bonds. The summed E-state index contributed by atoms with van der Waals surface area (Å²) in [6.07, 6.45) is 0. The average Bonchev–Trinajstić information content (AvgIpc) is 3.21. The molecule has 198 valence electrons. The molecule has 1 aromatic heterocycles. The van der Waals surface area contributed by atoms with Gasteiger partial charge in [0.05, 0.1) is 19.9 Å². The summed E-state index contributed by atoms with van der Waals surface area (Å²) in [5.41, 5.74) is 8.15. The van der Waals surface area contributed by atoms with Gasteiger partial charge in [0.2, 0.25) is 0 Å². The molecule has 0 spiro atoms. The van der Waals surface area contributed by atoms with Gasteiger partial charge in [-0.25, -0.2) is 0 Å². The lowest BCUT2D eigenvalue weighted by molar-refractivity contribution is 0.0670. The molecular weight excluding hydrogens is 496 g/mol. The van der Waals surface area contributed by atoms with E-state index in [1.54, 1.807) is 55.1 Å². The Hall–Kier alpha value is -3.56. The number of carbonyl (C=O) groups excluding carboxylic acids is 2. The molecule has 3 N–H and O–H groups in total. The highest BCUT2D eigenvalue weighted by atomic mass is 35.5. The minimum atomic E-state index is -0.347. The molecule has 2 aromatic carbocycles. The number of aryl methyl sites for hydroxylation is 2. The zero-order chi connectivity index (χ0) is 27.3. The first kappa shape index (κ1) is 28.0. The predicted octanol–water partition coefficient (Wildman–Crippen LogP) is 4.84. The lowest BCUT2D eigenvalue weighted by Crippen LogP contribution is -2.42. The summed E-state index contributed by atoms with van der Waals surface area (Å²) in [5.74, 6) is 0.857. The van der Waals surface area contributed by atoms with Gasteiger partial charge < -0.3 is 29.9 Å². The summed E-state index contributed by atoms with van der Waals surface area (Å²) in [4.78, 5) is 28.2. The molecule has 3 rings (SSSR count). The van der Waals surface area contributed by atoms with E-state index in [-0.39, 0.29) is 23.8 Å². The van der Waals surface area contributed by atoms with Crippen LogP contribution in [0.5, 0.6) is 11.5 Å². The fourth-order valence-corrected chi connectivity index (χ4v) is 4.06. The van der Waals surface area contributed by atoms with E-state index in [0.29, 0.717) is 63.4 Å². The molecule has 0 atom stereocenters. The van der Waals surface area contributed by atoms with Crippen LogP contribution in [0.4, 0.5) is 5.69 Å². The number of aromatic nitrogens is 1. The molecule has 0 aliphatic carbocycles. The Labute approximate surface area is 221 Å². The van der Waals surface area contributed by atoms with Gasteiger partial charge in [0.1, 0.15) is 11.3 Å². The van der Waals surface area contributed by atoms with Gasteiger partial charge in [-0.1, -0.05) is 30.6 Å². The molecule has 0 fully saturated rings. The maximum Gasteiger partial charge on any atom is 0.259 e. The first-order chi connectivity index (χ1) is 17.5. The second-order valence-corrected chi connectivity index (χ2v) is 9.97. The summed E-state index contributed by atoms with van der Waals surface area (Å²) in [6.45, 7) is 8.37. The zero-order valence-corrected chi connectivity index (χ0v) is 22.7. The van der Waals surface area contributed by atoms with Gasteiger partial charge in [-0.15, -0.1) is 0 Å². The van der Waals surface area contributed by atoms with Gasteiger partial charge in [0.15, 0.2) is 11.5 Å². The minimum Gasteiger partial charge on any atom is -0.493 e. The van der Waals surface area contributed by atoms with Crippen molar-refractivity contribution in [1.82, 2.24) is 10.1 Å². The molecular formula is C27H33ClN4O5. The van der Waals surface area contributed by atoms with Crippen LogP contribution in [0.3, 0.4) is 0 Å². The van der Waals surface area contributed by atoms with Gasteiger partial charge in [-0.05, 0) is 67.8 Å². The van der Waals surface area contributed by atoms with Crippen molar-refractivity contribution in [3.63, 3.8) is 0 Å². The number of amides is 2. The number of nitrogens with two attached hydrogens (primary N) is 1. The average molecular weight is 529 g/mol. The third kappa shape index (κ3) is 6.61. The number of benzene rings is 2. The number of rotatable bonds is 10. The number of hydrogen-bond donors (Lipinski definition) is 2. The van der Waals surface area contributed by atoms with Crippen LogP contribution in [0.25, 0.3) is 0 Å². The Kier molecular flexibility index (Phi) is 8.83. The van der Waals surface area contributed by atoms with Crippen LogP contribution in [0.2, 0.25) is 5.02 Å². The summed E-state index contributed by atoms with van der Waals surface area (Å²) in [6, 6.07) is 10.1. The van der Waals surface area contributed by atoms with Crippen molar-refractivity contribution in [3.8, 4) is 11.5 Å².